The number of amides is 1. The number of carbonyl (C=O) groups excluding carboxylic acids is 1. The van der Waals surface area contributed by atoms with Gasteiger partial charge in [0.25, 0.3) is 5.91 Å². The highest BCUT2D eigenvalue weighted by Crippen LogP contribution is 2.29. The van der Waals surface area contributed by atoms with Crippen molar-refractivity contribution in [1.29, 1.82) is 5.26 Å². The lowest BCUT2D eigenvalue weighted by Gasteiger charge is -2.31. The standard InChI is InChI=1S/C27H28N6O3/c28-16-22-17-30-27-31-23-7-8-24(33-10-13-35-14-11-33)21(15-23)18-36-12-2-1-9-29-26(34)20-5-3-19(4-6-20)25(22)32-27/h3-8,15,17H,1-2,9-14,18H2,(H,29,34)(H,30,31,32). The minimum atomic E-state index is -0.128. The molecule has 1 aromatic heterocycles. The van der Waals surface area contributed by atoms with E-state index >= 15 is 0 Å². The van der Waals surface area contributed by atoms with Gasteiger partial charge in [-0.15, -0.1) is 0 Å². The third-order valence-corrected chi connectivity index (χ3v) is 6.28. The first-order chi connectivity index (χ1) is 17.7. The number of rotatable bonds is 1. The molecule has 0 radical (unpaired) electrons. The lowest BCUT2D eigenvalue weighted by Crippen LogP contribution is -2.36. The van der Waals surface area contributed by atoms with Crippen molar-refractivity contribution in [3.63, 3.8) is 0 Å². The third kappa shape index (κ3) is 5.46. The average Bonchev–Trinajstić information content (AvgIpc) is 2.92. The molecule has 0 aliphatic carbocycles. The van der Waals surface area contributed by atoms with Crippen LogP contribution >= 0.6 is 0 Å². The highest BCUT2D eigenvalue weighted by Gasteiger charge is 2.17. The number of carbonyl (C=O) groups is 1. The highest BCUT2D eigenvalue weighted by molar-refractivity contribution is 5.94. The summed E-state index contributed by atoms with van der Waals surface area (Å²) < 4.78 is 11.5. The number of nitrogens with zero attached hydrogens (tertiary/aromatic N) is 4. The van der Waals surface area contributed by atoms with Crippen LogP contribution in [0.3, 0.4) is 0 Å². The molecule has 0 spiro atoms. The van der Waals surface area contributed by atoms with E-state index in [1.165, 1.54) is 6.20 Å². The molecule has 1 amide bonds. The van der Waals surface area contributed by atoms with Crippen LogP contribution in [-0.2, 0) is 16.1 Å². The van der Waals surface area contributed by atoms with Crippen LogP contribution in [0.1, 0.15) is 34.3 Å². The van der Waals surface area contributed by atoms with Crippen LogP contribution in [0, 0.1) is 11.3 Å². The molecular formula is C27H28N6O3. The summed E-state index contributed by atoms with van der Waals surface area (Å²) in [6.45, 7) is 4.73. The number of nitriles is 1. The molecule has 6 bridgehead atoms. The summed E-state index contributed by atoms with van der Waals surface area (Å²) >= 11 is 0. The van der Waals surface area contributed by atoms with Crippen molar-refractivity contribution in [2.24, 2.45) is 0 Å². The summed E-state index contributed by atoms with van der Waals surface area (Å²) in [7, 11) is 0. The van der Waals surface area contributed by atoms with Gasteiger partial charge in [-0.2, -0.15) is 5.26 Å². The Kier molecular flexibility index (Phi) is 7.36. The van der Waals surface area contributed by atoms with Gasteiger partial charge >= 0.3 is 0 Å². The number of morpholine rings is 1. The van der Waals surface area contributed by atoms with E-state index in [1.807, 2.05) is 6.07 Å². The number of ether oxygens (including phenoxy) is 2. The minimum absolute atomic E-state index is 0.128. The number of hydrogen-bond donors (Lipinski definition) is 2. The molecular weight excluding hydrogens is 456 g/mol. The van der Waals surface area contributed by atoms with Crippen molar-refractivity contribution in [2.75, 3.05) is 49.7 Å². The van der Waals surface area contributed by atoms with E-state index in [0.29, 0.717) is 55.7 Å². The molecule has 2 N–H and O–H groups in total. The molecule has 3 aliphatic heterocycles. The van der Waals surface area contributed by atoms with Gasteiger partial charge < -0.3 is 25.0 Å². The molecule has 6 rings (SSSR count). The van der Waals surface area contributed by atoms with Crippen LogP contribution in [-0.4, -0.2) is 55.3 Å². The number of fused-ring (bicyclic) bond motifs is 9. The summed E-state index contributed by atoms with van der Waals surface area (Å²) in [4.78, 5) is 23.8. The highest BCUT2D eigenvalue weighted by atomic mass is 16.5. The molecule has 184 valence electrons. The Morgan fingerprint density at radius 1 is 0.972 bits per heavy atom. The van der Waals surface area contributed by atoms with E-state index in [1.54, 1.807) is 24.3 Å². The lowest BCUT2D eigenvalue weighted by atomic mass is 10.1. The molecule has 1 fully saturated rings. The predicted molar refractivity (Wildman–Crippen MR) is 136 cm³/mol. The quantitative estimate of drug-likeness (QED) is 0.538. The fourth-order valence-electron chi connectivity index (χ4n) is 4.36. The Hall–Kier alpha value is -4.00. The summed E-state index contributed by atoms with van der Waals surface area (Å²) in [5.41, 5.74) is 5.20. The monoisotopic (exact) mass is 484 g/mol. The first-order valence-corrected chi connectivity index (χ1v) is 12.2. The van der Waals surface area contributed by atoms with Gasteiger partial charge in [0, 0.05) is 54.3 Å². The Balaban J connectivity index is 1.50. The van der Waals surface area contributed by atoms with Crippen molar-refractivity contribution >= 4 is 23.2 Å². The van der Waals surface area contributed by atoms with Gasteiger partial charge in [-0.25, -0.2) is 9.97 Å². The van der Waals surface area contributed by atoms with Crippen molar-refractivity contribution in [3.05, 3.63) is 65.4 Å². The van der Waals surface area contributed by atoms with E-state index in [4.69, 9.17) is 9.47 Å². The molecule has 0 unspecified atom stereocenters. The van der Waals surface area contributed by atoms with Gasteiger partial charge in [-0.1, -0.05) is 12.1 Å². The van der Waals surface area contributed by atoms with Crippen LogP contribution in [0.25, 0.3) is 11.3 Å². The first kappa shape index (κ1) is 23.7. The Morgan fingerprint density at radius 3 is 2.58 bits per heavy atom. The van der Waals surface area contributed by atoms with Gasteiger partial charge in [0.2, 0.25) is 5.95 Å². The van der Waals surface area contributed by atoms with E-state index in [2.05, 4.69) is 43.7 Å². The SMILES string of the molecule is N#Cc1cnc2nc1-c1ccc(cc1)C(=O)NCCCCOCc1cc(ccc1N1CCOCC1)N2. The molecule has 36 heavy (non-hydrogen) atoms. The van der Waals surface area contributed by atoms with Gasteiger partial charge in [-0.05, 0) is 43.2 Å². The molecule has 4 heterocycles. The smallest absolute Gasteiger partial charge is 0.251 e. The summed E-state index contributed by atoms with van der Waals surface area (Å²) in [6.07, 6.45) is 3.19. The van der Waals surface area contributed by atoms with Crippen molar-refractivity contribution in [1.82, 2.24) is 15.3 Å². The lowest BCUT2D eigenvalue weighted by molar-refractivity contribution is 0.0946. The topological polar surface area (TPSA) is 112 Å². The Bertz CT molecular complexity index is 1270. The second kappa shape index (κ2) is 11.2. The van der Waals surface area contributed by atoms with Crippen molar-refractivity contribution < 1.29 is 14.3 Å². The van der Waals surface area contributed by atoms with Crippen LogP contribution < -0.4 is 15.5 Å². The fraction of sp³-hybridized carbons (Fsp3) is 0.333. The Morgan fingerprint density at radius 2 is 1.78 bits per heavy atom. The summed E-state index contributed by atoms with van der Waals surface area (Å²) in [5, 5.41) is 15.9. The van der Waals surface area contributed by atoms with Gasteiger partial charge in [0.1, 0.15) is 6.07 Å². The average molecular weight is 485 g/mol. The molecule has 9 heteroatoms. The zero-order valence-corrected chi connectivity index (χ0v) is 20.0. The largest absolute Gasteiger partial charge is 0.378 e. The number of benzene rings is 2. The molecule has 0 atom stereocenters. The van der Waals surface area contributed by atoms with Crippen molar-refractivity contribution in [3.8, 4) is 17.3 Å². The van der Waals surface area contributed by atoms with Crippen LogP contribution in [0.4, 0.5) is 17.3 Å². The van der Waals surface area contributed by atoms with Crippen molar-refractivity contribution in [2.45, 2.75) is 19.4 Å². The molecule has 0 saturated carbocycles. The van der Waals surface area contributed by atoms with Gasteiger partial charge in [0.15, 0.2) is 0 Å². The zero-order valence-electron chi connectivity index (χ0n) is 20.0. The van der Waals surface area contributed by atoms with E-state index in [-0.39, 0.29) is 5.91 Å². The van der Waals surface area contributed by atoms with Crippen LogP contribution in [0.2, 0.25) is 0 Å². The first-order valence-electron chi connectivity index (χ1n) is 12.2. The molecule has 3 aliphatic rings. The normalized spacial score (nSPS) is 16.6. The maximum absolute atomic E-state index is 12.5. The molecule has 1 saturated heterocycles. The number of aromatic nitrogens is 2. The summed E-state index contributed by atoms with van der Waals surface area (Å²) in [5.74, 6) is 0.256. The number of hydrogen-bond acceptors (Lipinski definition) is 8. The number of nitrogens with one attached hydrogen (secondary N) is 2. The second-order valence-electron chi connectivity index (χ2n) is 8.73. The van der Waals surface area contributed by atoms with E-state index < -0.39 is 0 Å². The molecule has 2 aromatic carbocycles. The third-order valence-electron chi connectivity index (χ3n) is 6.28. The van der Waals surface area contributed by atoms with E-state index in [0.717, 1.165) is 48.4 Å². The van der Waals surface area contributed by atoms with Gasteiger partial charge in [-0.3, -0.25) is 4.79 Å². The summed E-state index contributed by atoms with van der Waals surface area (Å²) in [6, 6.07) is 15.4. The Labute approximate surface area is 210 Å². The fourth-order valence-corrected chi connectivity index (χ4v) is 4.36. The number of anilines is 3. The minimum Gasteiger partial charge on any atom is -0.378 e. The van der Waals surface area contributed by atoms with Gasteiger partial charge in [0.05, 0.1) is 37.3 Å². The molecule has 9 nitrogen and oxygen atoms in total. The van der Waals surface area contributed by atoms with E-state index in [9.17, 15) is 10.1 Å². The molecule has 3 aromatic rings. The maximum atomic E-state index is 12.5. The maximum Gasteiger partial charge on any atom is 0.251 e. The van der Waals surface area contributed by atoms with Crippen LogP contribution in [0.5, 0.6) is 0 Å². The second-order valence-corrected chi connectivity index (χ2v) is 8.73. The predicted octanol–water partition coefficient (Wildman–Crippen LogP) is 3.64. The van der Waals surface area contributed by atoms with Crippen LogP contribution in [0.15, 0.2) is 48.7 Å². The zero-order chi connectivity index (χ0) is 24.7.